The molecule has 0 atom stereocenters. The van der Waals surface area contributed by atoms with E-state index in [1.54, 1.807) is 0 Å². The fourth-order valence-electron chi connectivity index (χ4n) is 2.02. The summed E-state index contributed by atoms with van der Waals surface area (Å²) < 4.78 is 0. The lowest BCUT2D eigenvalue weighted by atomic mass is 10.0. The van der Waals surface area contributed by atoms with Crippen LogP contribution in [0.1, 0.15) is 42.3 Å². The van der Waals surface area contributed by atoms with E-state index < -0.39 is 0 Å². The summed E-state index contributed by atoms with van der Waals surface area (Å²) in [6, 6.07) is 6.43. The van der Waals surface area contributed by atoms with E-state index in [1.807, 2.05) is 13.1 Å². The lowest BCUT2D eigenvalue weighted by Gasteiger charge is -2.12. The predicted molar refractivity (Wildman–Crippen MR) is 75.8 cm³/mol. The third-order valence-electron chi connectivity index (χ3n) is 3.19. The van der Waals surface area contributed by atoms with Crippen molar-refractivity contribution < 1.29 is 0 Å². The molecule has 94 valence electrons. The van der Waals surface area contributed by atoms with Crippen LogP contribution in [0.2, 0.25) is 0 Å². The Labute approximate surface area is 109 Å². The zero-order valence-electron chi connectivity index (χ0n) is 11.8. The van der Waals surface area contributed by atoms with Gasteiger partial charge in [-0.2, -0.15) is 0 Å². The molecule has 0 fully saturated rings. The van der Waals surface area contributed by atoms with Gasteiger partial charge in [-0.25, -0.2) is 0 Å². The van der Waals surface area contributed by atoms with Crippen molar-refractivity contribution in [1.82, 2.24) is 9.97 Å². The number of hydrogen-bond donors (Lipinski definition) is 0. The molecular weight excluding hydrogens is 220 g/mol. The standard InChI is InChI=1S/C16H20N2/c1-10(2)15-7-6-12(4)16(18-15)14-8-11(3)9-17-13(14)5/h6-10H,1-5H3. The lowest BCUT2D eigenvalue weighted by molar-refractivity contribution is 0.822. The number of aryl methyl sites for hydroxylation is 3. The highest BCUT2D eigenvalue weighted by atomic mass is 14.7. The highest BCUT2D eigenvalue weighted by Gasteiger charge is 2.10. The molecule has 0 aliphatic heterocycles. The second-order valence-corrected chi connectivity index (χ2v) is 5.20. The van der Waals surface area contributed by atoms with Crippen LogP contribution in [0.5, 0.6) is 0 Å². The van der Waals surface area contributed by atoms with Crippen molar-refractivity contribution in [3.8, 4) is 11.3 Å². The number of aromatic nitrogens is 2. The summed E-state index contributed by atoms with van der Waals surface area (Å²) >= 11 is 0. The number of rotatable bonds is 2. The van der Waals surface area contributed by atoms with E-state index in [-0.39, 0.29) is 0 Å². The summed E-state index contributed by atoms with van der Waals surface area (Å²) in [5.74, 6) is 0.447. The Bertz CT molecular complexity index is 571. The molecular formula is C16H20N2. The van der Waals surface area contributed by atoms with E-state index in [1.165, 1.54) is 11.1 Å². The molecule has 2 aromatic rings. The highest BCUT2D eigenvalue weighted by molar-refractivity contribution is 5.66. The van der Waals surface area contributed by atoms with Crippen molar-refractivity contribution in [2.24, 2.45) is 0 Å². The van der Waals surface area contributed by atoms with Gasteiger partial charge in [0.25, 0.3) is 0 Å². The molecule has 2 aromatic heterocycles. The molecule has 18 heavy (non-hydrogen) atoms. The quantitative estimate of drug-likeness (QED) is 0.786. The summed E-state index contributed by atoms with van der Waals surface area (Å²) in [5.41, 5.74) is 6.76. The molecule has 2 rings (SSSR count). The van der Waals surface area contributed by atoms with Crippen molar-refractivity contribution in [2.75, 3.05) is 0 Å². The van der Waals surface area contributed by atoms with Crippen LogP contribution in [0, 0.1) is 20.8 Å². The third-order valence-corrected chi connectivity index (χ3v) is 3.19. The minimum atomic E-state index is 0.447. The first-order valence-electron chi connectivity index (χ1n) is 6.40. The number of pyridine rings is 2. The monoisotopic (exact) mass is 240 g/mol. The summed E-state index contributed by atoms with van der Waals surface area (Å²) in [4.78, 5) is 9.23. The maximum absolute atomic E-state index is 4.80. The van der Waals surface area contributed by atoms with Gasteiger partial charge in [0.2, 0.25) is 0 Å². The topological polar surface area (TPSA) is 25.8 Å². The van der Waals surface area contributed by atoms with E-state index in [9.17, 15) is 0 Å². The zero-order chi connectivity index (χ0) is 13.3. The number of hydrogen-bond acceptors (Lipinski definition) is 2. The van der Waals surface area contributed by atoms with E-state index in [2.05, 4.69) is 50.9 Å². The second-order valence-electron chi connectivity index (χ2n) is 5.20. The minimum absolute atomic E-state index is 0.447. The SMILES string of the molecule is Cc1cnc(C)c(-c2nc(C(C)C)ccc2C)c1. The van der Waals surface area contributed by atoms with E-state index in [4.69, 9.17) is 4.98 Å². The van der Waals surface area contributed by atoms with Gasteiger partial charge in [0.1, 0.15) is 0 Å². The van der Waals surface area contributed by atoms with Gasteiger partial charge in [0.15, 0.2) is 0 Å². The Morgan fingerprint density at radius 3 is 2.44 bits per heavy atom. The molecule has 0 N–H and O–H groups in total. The van der Waals surface area contributed by atoms with Gasteiger partial charge in [0, 0.05) is 23.1 Å². The van der Waals surface area contributed by atoms with Crippen LogP contribution in [-0.2, 0) is 0 Å². The fraction of sp³-hybridized carbons (Fsp3) is 0.375. The molecule has 0 aliphatic rings. The maximum atomic E-state index is 4.80. The van der Waals surface area contributed by atoms with Crippen LogP contribution in [0.4, 0.5) is 0 Å². The van der Waals surface area contributed by atoms with Crippen molar-refractivity contribution >= 4 is 0 Å². The zero-order valence-corrected chi connectivity index (χ0v) is 11.8. The van der Waals surface area contributed by atoms with Crippen molar-refractivity contribution in [3.63, 3.8) is 0 Å². The average molecular weight is 240 g/mol. The van der Waals surface area contributed by atoms with Crippen LogP contribution < -0.4 is 0 Å². The van der Waals surface area contributed by atoms with Crippen LogP contribution >= 0.6 is 0 Å². The summed E-state index contributed by atoms with van der Waals surface area (Å²) in [5, 5.41) is 0. The Morgan fingerprint density at radius 1 is 1.06 bits per heavy atom. The Balaban J connectivity index is 2.62. The first-order valence-corrected chi connectivity index (χ1v) is 6.40. The van der Waals surface area contributed by atoms with Gasteiger partial charge < -0.3 is 0 Å². The lowest BCUT2D eigenvalue weighted by Crippen LogP contribution is -1.99. The van der Waals surface area contributed by atoms with Crippen LogP contribution in [0.25, 0.3) is 11.3 Å². The minimum Gasteiger partial charge on any atom is -0.261 e. The average Bonchev–Trinajstić information content (AvgIpc) is 2.33. The van der Waals surface area contributed by atoms with Gasteiger partial charge in [-0.15, -0.1) is 0 Å². The molecule has 0 spiro atoms. The first kappa shape index (κ1) is 12.7. The molecule has 0 saturated heterocycles. The Morgan fingerprint density at radius 2 is 1.78 bits per heavy atom. The fourth-order valence-corrected chi connectivity index (χ4v) is 2.02. The van der Waals surface area contributed by atoms with E-state index in [0.29, 0.717) is 5.92 Å². The van der Waals surface area contributed by atoms with Gasteiger partial charge in [0.05, 0.1) is 5.69 Å². The molecule has 0 radical (unpaired) electrons. The van der Waals surface area contributed by atoms with Gasteiger partial charge in [-0.05, 0) is 49.9 Å². The Hall–Kier alpha value is -1.70. The van der Waals surface area contributed by atoms with Gasteiger partial charge in [-0.3, -0.25) is 9.97 Å². The normalized spacial score (nSPS) is 11.0. The summed E-state index contributed by atoms with van der Waals surface area (Å²) in [6.45, 7) is 10.6. The molecule has 0 amide bonds. The van der Waals surface area contributed by atoms with Crippen molar-refractivity contribution in [3.05, 3.63) is 46.9 Å². The van der Waals surface area contributed by atoms with Crippen LogP contribution in [-0.4, -0.2) is 9.97 Å². The first-order chi connectivity index (χ1) is 8.49. The van der Waals surface area contributed by atoms with Crippen LogP contribution in [0.3, 0.4) is 0 Å². The van der Waals surface area contributed by atoms with Gasteiger partial charge >= 0.3 is 0 Å². The van der Waals surface area contributed by atoms with Crippen molar-refractivity contribution in [2.45, 2.75) is 40.5 Å². The largest absolute Gasteiger partial charge is 0.261 e. The molecule has 2 nitrogen and oxygen atoms in total. The molecule has 0 saturated carbocycles. The van der Waals surface area contributed by atoms with Crippen LogP contribution in [0.15, 0.2) is 24.4 Å². The predicted octanol–water partition coefficient (Wildman–Crippen LogP) is 4.19. The molecule has 2 heterocycles. The number of nitrogens with zero attached hydrogens (tertiary/aromatic N) is 2. The van der Waals surface area contributed by atoms with E-state index >= 15 is 0 Å². The molecule has 0 unspecified atom stereocenters. The summed E-state index contributed by atoms with van der Waals surface area (Å²) in [6.07, 6.45) is 1.90. The molecule has 0 aromatic carbocycles. The Kier molecular flexibility index (Phi) is 3.46. The molecule has 0 aliphatic carbocycles. The highest BCUT2D eigenvalue weighted by Crippen LogP contribution is 2.26. The smallest absolute Gasteiger partial charge is 0.0752 e. The third kappa shape index (κ3) is 2.42. The molecule has 2 heteroatoms. The van der Waals surface area contributed by atoms with Crippen molar-refractivity contribution in [1.29, 1.82) is 0 Å². The molecule has 0 bridgehead atoms. The summed E-state index contributed by atoms with van der Waals surface area (Å²) in [7, 11) is 0. The second kappa shape index (κ2) is 4.89. The maximum Gasteiger partial charge on any atom is 0.0752 e. The van der Waals surface area contributed by atoms with Gasteiger partial charge in [-0.1, -0.05) is 19.9 Å². The van der Waals surface area contributed by atoms with E-state index in [0.717, 1.165) is 22.6 Å².